The van der Waals surface area contributed by atoms with Gasteiger partial charge in [0.1, 0.15) is 11.2 Å². The second kappa shape index (κ2) is 13.2. The quantitative estimate of drug-likeness (QED) is 0.161. The Morgan fingerprint density at radius 3 is 1.61 bits per heavy atom. The highest BCUT2D eigenvalue weighted by molar-refractivity contribution is 6.93. The molecule has 66 heavy (non-hydrogen) atoms. The van der Waals surface area contributed by atoms with Gasteiger partial charge in [0.05, 0.1) is 5.69 Å². The number of hydrogen-bond acceptors (Lipinski definition) is 3. The Bertz CT molecular complexity index is 3360. The molecular formula is C62H61BN2O. The Morgan fingerprint density at radius 1 is 0.455 bits per heavy atom. The van der Waals surface area contributed by atoms with Gasteiger partial charge in [-0.15, -0.1) is 0 Å². The van der Waals surface area contributed by atoms with E-state index in [-0.39, 0.29) is 33.9 Å². The van der Waals surface area contributed by atoms with Crippen LogP contribution in [-0.2, 0) is 27.1 Å². The highest BCUT2D eigenvalue weighted by Crippen LogP contribution is 2.60. The number of rotatable bonds is 2. The molecule has 3 nitrogen and oxygen atoms in total. The first-order valence-corrected chi connectivity index (χ1v) is 24.1. The van der Waals surface area contributed by atoms with E-state index in [0.29, 0.717) is 0 Å². The fourth-order valence-electron chi connectivity index (χ4n) is 12.2. The van der Waals surface area contributed by atoms with Gasteiger partial charge < -0.3 is 14.1 Å². The maximum absolute atomic E-state index is 7.51. The zero-order valence-corrected chi connectivity index (χ0v) is 41.1. The van der Waals surface area contributed by atoms with Crippen LogP contribution in [0.25, 0.3) is 44.3 Å². The SMILES string of the molecule is CC(C)(C)c1ccc(N2B3c4oc5ccc(C(C)(C)C)cc5c4N(c4ccc(C(C)(C)C)cc4)c4c3c(cc3c4C(C)(C)c4ccccc4-3)-c3cc4c(cc32)-c2ccccc2C4(C)C)cc1. The summed E-state index contributed by atoms with van der Waals surface area (Å²) in [5.41, 5.74) is 25.9. The first-order valence-electron chi connectivity index (χ1n) is 24.1. The first-order chi connectivity index (χ1) is 31.2. The van der Waals surface area contributed by atoms with E-state index >= 15 is 0 Å². The van der Waals surface area contributed by atoms with Crippen molar-refractivity contribution in [2.24, 2.45) is 0 Å². The number of fused-ring (bicyclic) bond motifs is 13. The van der Waals surface area contributed by atoms with Crippen LogP contribution in [-0.4, -0.2) is 6.85 Å². The highest BCUT2D eigenvalue weighted by Gasteiger charge is 2.53. The molecule has 1 aromatic heterocycles. The third kappa shape index (κ3) is 5.57. The summed E-state index contributed by atoms with van der Waals surface area (Å²) in [7, 11) is 0. The number of nitrogens with zero attached hydrogens (tertiary/aromatic N) is 2. The van der Waals surface area contributed by atoms with Crippen LogP contribution in [0.3, 0.4) is 0 Å². The Hall–Kier alpha value is -6.26. The molecule has 3 heterocycles. The van der Waals surface area contributed by atoms with Gasteiger partial charge in [0, 0.05) is 44.5 Å². The topological polar surface area (TPSA) is 19.6 Å². The second-order valence-corrected chi connectivity index (χ2v) is 23.8. The van der Waals surface area contributed by atoms with Crippen LogP contribution in [0.4, 0.5) is 28.4 Å². The third-order valence-corrected chi connectivity index (χ3v) is 15.9. The van der Waals surface area contributed by atoms with Crippen molar-refractivity contribution in [3.63, 3.8) is 0 Å². The van der Waals surface area contributed by atoms with Gasteiger partial charge >= 0.3 is 6.85 Å². The van der Waals surface area contributed by atoms with Crippen LogP contribution in [0, 0.1) is 0 Å². The van der Waals surface area contributed by atoms with Crippen molar-refractivity contribution in [2.75, 3.05) is 9.71 Å². The Kier molecular flexibility index (Phi) is 8.25. The Labute approximate surface area is 392 Å². The van der Waals surface area contributed by atoms with Crippen LogP contribution in [0.2, 0.25) is 0 Å². The molecule has 0 N–H and O–H groups in total. The molecule has 2 aliphatic carbocycles. The van der Waals surface area contributed by atoms with Crippen molar-refractivity contribution >= 4 is 57.4 Å². The van der Waals surface area contributed by atoms with E-state index in [9.17, 15) is 0 Å². The van der Waals surface area contributed by atoms with Crippen LogP contribution < -0.4 is 20.8 Å². The van der Waals surface area contributed by atoms with Gasteiger partial charge in [-0.2, -0.15) is 0 Å². The molecule has 0 fully saturated rings. The minimum absolute atomic E-state index is 0.0118. The summed E-state index contributed by atoms with van der Waals surface area (Å²) in [6.07, 6.45) is 0. The molecule has 2 aliphatic heterocycles. The maximum Gasteiger partial charge on any atom is 0.375 e. The molecule has 4 aliphatic rings. The number of anilines is 5. The predicted octanol–water partition coefficient (Wildman–Crippen LogP) is 15.6. The first kappa shape index (κ1) is 41.2. The van der Waals surface area contributed by atoms with Crippen molar-refractivity contribution in [3.05, 3.63) is 172 Å². The molecule has 328 valence electrons. The molecule has 4 heteroatoms. The molecule has 0 saturated carbocycles. The largest absolute Gasteiger partial charge is 0.466 e. The standard InChI is InChI=1S/C62H61BN2O/c1-58(2,3)36-22-27-39(28-23-36)64-55-47-32-38(60(7,8)9)26-31-52(47)66-57(55)63-54-46(33-45-42-19-15-17-21-49(42)62(12,13)53(45)56(54)64)44-34-50-43(41-18-14-16-20-48(41)61(50,10)11)35-51(44)65(63)40-29-24-37(25-30-40)59(4,5)6/h14-35H,1-13H3. The average Bonchev–Trinajstić information content (AvgIpc) is 3.84. The summed E-state index contributed by atoms with van der Waals surface area (Å²) < 4.78 is 7.51. The van der Waals surface area contributed by atoms with E-state index in [4.69, 9.17) is 4.42 Å². The molecule has 0 unspecified atom stereocenters. The molecule has 0 saturated heterocycles. The van der Waals surface area contributed by atoms with Gasteiger partial charge in [0.15, 0.2) is 0 Å². The van der Waals surface area contributed by atoms with Crippen LogP contribution in [0.5, 0.6) is 0 Å². The van der Waals surface area contributed by atoms with E-state index < -0.39 is 0 Å². The summed E-state index contributed by atoms with van der Waals surface area (Å²) in [5, 5.41) is 1.15. The molecular weight excluding hydrogens is 800 g/mol. The maximum atomic E-state index is 7.51. The number of benzene rings is 7. The lowest BCUT2D eigenvalue weighted by Crippen LogP contribution is -2.61. The zero-order valence-electron chi connectivity index (χ0n) is 41.1. The van der Waals surface area contributed by atoms with Gasteiger partial charge in [-0.3, -0.25) is 0 Å². The molecule has 7 aromatic carbocycles. The van der Waals surface area contributed by atoms with Gasteiger partial charge in [0.2, 0.25) is 0 Å². The second-order valence-electron chi connectivity index (χ2n) is 23.8. The van der Waals surface area contributed by atoms with Crippen molar-refractivity contribution in [1.29, 1.82) is 0 Å². The van der Waals surface area contributed by atoms with E-state index in [1.54, 1.807) is 0 Å². The monoisotopic (exact) mass is 860 g/mol. The van der Waals surface area contributed by atoms with Crippen LogP contribution in [0.1, 0.15) is 129 Å². The molecule has 0 radical (unpaired) electrons. The summed E-state index contributed by atoms with van der Waals surface area (Å²) in [6, 6.07) is 51.7. The van der Waals surface area contributed by atoms with Crippen molar-refractivity contribution < 1.29 is 4.42 Å². The average molecular weight is 861 g/mol. The van der Waals surface area contributed by atoms with Crippen molar-refractivity contribution in [2.45, 2.75) is 117 Å². The Morgan fingerprint density at radius 2 is 1.00 bits per heavy atom. The summed E-state index contributed by atoms with van der Waals surface area (Å²) in [6.45, 7) is 30.2. The van der Waals surface area contributed by atoms with E-state index in [2.05, 4.69) is 233 Å². The van der Waals surface area contributed by atoms with Crippen LogP contribution in [0.15, 0.2) is 138 Å². The fraction of sp³-hybridized carbons (Fsp3) is 0.290. The molecule has 0 bridgehead atoms. The number of hydrogen-bond donors (Lipinski definition) is 0. The molecule has 12 rings (SSSR count). The molecule has 8 aromatic rings. The lowest BCUT2D eigenvalue weighted by Gasteiger charge is -2.46. The predicted molar refractivity (Wildman–Crippen MR) is 281 cm³/mol. The van der Waals surface area contributed by atoms with Crippen LogP contribution >= 0.6 is 0 Å². The highest BCUT2D eigenvalue weighted by atomic mass is 16.3. The molecule has 0 amide bonds. The van der Waals surface area contributed by atoms with Gasteiger partial charge in [0.25, 0.3) is 0 Å². The molecule has 0 spiro atoms. The van der Waals surface area contributed by atoms with E-state index in [1.807, 2.05) is 0 Å². The summed E-state index contributed by atoms with van der Waals surface area (Å²) in [4.78, 5) is 5.27. The minimum Gasteiger partial charge on any atom is -0.466 e. The van der Waals surface area contributed by atoms with Crippen molar-refractivity contribution in [3.8, 4) is 33.4 Å². The zero-order chi connectivity index (χ0) is 46.2. The fourth-order valence-corrected chi connectivity index (χ4v) is 12.2. The van der Waals surface area contributed by atoms with Gasteiger partial charge in [-0.05, 0) is 143 Å². The lowest BCUT2D eigenvalue weighted by atomic mass is 9.45. The third-order valence-electron chi connectivity index (χ3n) is 15.9. The van der Waals surface area contributed by atoms with E-state index in [0.717, 1.165) is 33.7 Å². The lowest BCUT2D eigenvalue weighted by molar-refractivity contribution is 0.590. The van der Waals surface area contributed by atoms with Gasteiger partial charge in [-0.1, -0.05) is 169 Å². The van der Waals surface area contributed by atoms with E-state index in [1.165, 1.54) is 89.2 Å². The normalized spacial score (nSPS) is 16.1. The smallest absolute Gasteiger partial charge is 0.375 e. The Balaban J connectivity index is 1.27. The van der Waals surface area contributed by atoms with Crippen molar-refractivity contribution in [1.82, 2.24) is 0 Å². The number of furan rings is 1. The summed E-state index contributed by atoms with van der Waals surface area (Å²) in [5.74, 6) is 0. The minimum atomic E-state index is -0.293. The van der Waals surface area contributed by atoms with Gasteiger partial charge in [-0.25, -0.2) is 0 Å². The molecule has 0 atom stereocenters. The summed E-state index contributed by atoms with van der Waals surface area (Å²) >= 11 is 0.